The van der Waals surface area contributed by atoms with E-state index < -0.39 is 4.92 Å². The Bertz CT molecular complexity index is 347. The van der Waals surface area contributed by atoms with E-state index in [0.29, 0.717) is 11.2 Å². The maximum atomic E-state index is 10.4. The molecule has 76 valence electrons. The highest BCUT2D eigenvalue weighted by molar-refractivity contribution is 7.18. The van der Waals surface area contributed by atoms with Gasteiger partial charge >= 0.3 is 5.00 Å². The van der Waals surface area contributed by atoms with E-state index in [1.165, 1.54) is 6.20 Å². The van der Waals surface area contributed by atoms with E-state index in [4.69, 9.17) is 5.73 Å². The van der Waals surface area contributed by atoms with Crippen LogP contribution < -0.4 is 11.1 Å². The predicted molar refractivity (Wildman–Crippen MR) is 53.4 cm³/mol. The minimum atomic E-state index is -0.435. The lowest BCUT2D eigenvalue weighted by Crippen LogP contribution is -2.44. The Balaban J connectivity index is 1.93. The van der Waals surface area contributed by atoms with Crippen molar-refractivity contribution in [3.8, 4) is 0 Å². The summed E-state index contributed by atoms with van der Waals surface area (Å²) in [6.45, 7) is 0. The highest BCUT2D eigenvalue weighted by Crippen LogP contribution is 2.28. The molecule has 1 saturated carbocycles. The molecule has 0 amide bonds. The fraction of sp³-hybridized carbons (Fsp3) is 0.571. The fourth-order valence-electron chi connectivity index (χ4n) is 1.37. The highest BCUT2D eigenvalue weighted by Gasteiger charge is 2.26. The molecule has 0 saturated heterocycles. The van der Waals surface area contributed by atoms with Crippen molar-refractivity contribution in [3.05, 3.63) is 16.3 Å². The van der Waals surface area contributed by atoms with Crippen LogP contribution in [-0.4, -0.2) is 22.0 Å². The lowest BCUT2D eigenvalue weighted by molar-refractivity contribution is -0.380. The topological polar surface area (TPSA) is 94.1 Å². The van der Waals surface area contributed by atoms with E-state index in [-0.39, 0.29) is 11.0 Å². The monoisotopic (exact) mass is 214 g/mol. The summed E-state index contributed by atoms with van der Waals surface area (Å²) in [6, 6.07) is 0.596. The molecule has 7 heteroatoms. The van der Waals surface area contributed by atoms with Crippen LogP contribution in [0, 0.1) is 10.1 Å². The normalized spacial score (nSPS) is 25.5. The van der Waals surface area contributed by atoms with Crippen LogP contribution in [0.2, 0.25) is 0 Å². The molecule has 0 atom stereocenters. The van der Waals surface area contributed by atoms with Gasteiger partial charge in [-0.05, 0) is 24.2 Å². The minimum Gasteiger partial charge on any atom is -0.358 e. The Morgan fingerprint density at radius 1 is 1.71 bits per heavy atom. The molecule has 0 aliphatic heterocycles. The molecule has 2 rings (SSSR count). The predicted octanol–water partition coefficient (Wildman–Crippen LogP) is 0.953. The van der Waals surface area contributed by atoms with Gasteiger partial charge in [0.25, 0.3) is 0 Å². The molecule has 1 aromatic rings. The maximum absolute atomic E-state index is 10.4. The van der Waals surface area contributed by atoms with E-state index >= 15 is 0 Å². The third-order valence-electron chi connectivity index (χ3n) is 2.18. The van der Waals surface area contributed by atoms with Crippen LogP contribution >= 0.6 is 11.3 Å². The molecule has 1 heterocycles. The Morgan fingerprint density at radius 2 is 2.43 bits per heavy atom. The smallest absolute Gasteiger partial charge is 0.345 e. The van der Waals surface area contributed by atoms with Gasteiger partial charge < -0.3 is 11.1 Å². The molecular weight excluding hydrogens is 204 g/mol. The van der Waals surface area contributed by atoms with Crippen LogP contribution in [0.3, 0.4) is 0 Å². The van der Waals surface area contributed by atoms with Gasteiger partial charge in [0.15, 0.2) is 5.13 Å². The molecule has 14 heavy (non-hydrogen) atoms. The maximum Gasteiger partial charge on any atom is 0.345 e. The number of thiazole rings is 1. The molecule has 1 aliphatic rings. The third-order valence-corrected chi connectivity index (χ3v) is 3.06. The second-order valence-corrected chi connectivity index (χ2v) is 4.34. The lowest BCUT2D eigenvalue weighted by atomic mass is 9.88. The van der Waals surface area contributed by atoms with Gasteiger partial charge in [-0.3, -0.25) is 10.1 Å². The zero-order valence-corrected chi connectivity index (χ0v) is 8.16. The van der Waals surface area contributed by atoms with Gasteiger partial charge in [0.1, 0.15) is 6.20 Å². The first-order valence-electron chi connectivity index (χ1n) is 4.27. The van der Waals surface area contributed by atoms with Crippen LogP contribution in [0.1, 0.15) is 12.8 Å². The number of nitrogens with one attached hydrogen (secondary N) is 1. The SMILES string of the molecule is NC1CC(Nc2ncc([N+](=O)[O-])s2)C1. The molecule has 1 aromatic heterocycles. The van der Waals surface area contributed by atoms with Crippen LogP contribution in [0.15, 0.2) is 6.20 Å². The second-order valence-electron chi connectivity index (χ2n) is 3.33. The van der Waals surface area contributed by atoms with Gasteiger partial charge in [0.05, 0.1) is 4.92 Å². The van der Waals surface area contributed by atoms with Crippen molar-refractivity contribution in [1.29, 1.82) is 0 Å². The van der Waals surface area contributed by atoms with Crippen molar-refractivity contribution in [3.63, 3.8) is 0 Å². The van der Waals surface area contributed by atoms with Gasteiger partial charge in [-0.1, -0.05) is 0 Å². The molecule has 6 nitrogen and oxygen atoms in total. The molecule has 0 bridgehead atoms. The molecule has 0 aromatic carbocycles. The summed E-state index contributed by atoms with van der Waals surface area (Å²) in [5, 5.41) is 14.1. The first kappa shape index (κ1) is 9.35. The van der Waals surface area contributed by atoms with E-state index in [9.17, 15) is 10.1 Å². The number of nitrogens with zero attached hydrogens (tertiary/aromatic N) is 2. The van der Waals surface area contributed by atoms with Gasteiger partial charge in [0, 0.05) is 12.1 Å². The zero-order chi connectivity index (χ0) is 10.1. The zero-order valence-electron chi connectivity index (χ0n) is 7.34. The molecular formula is C7H10N4O2S. The highest BCUT2D eigenvalue weighted by atomic mass is 32.1. The number of nitrogens with two attached hydrogens (primary N) is 1. The van der Waals surface area contributed by atoms with Crippen molar-refractivity contribution in [1.82, 2.24) is 4.98 Å². The van der Waals surface area contributed by atoms with Crippen LogP contribution in [0.5, 0.6) is 0 Å². The number of anilines is 1. The van der Waals surface area contributed by atoms with Gasteiger partial charge in [-0.25, -0.2) is 4.98 Å². The molecule has 1 aliphatic carbocycles. The molecule has 0 spiro atoms. The molecule has 0 radical (unpaired) electrons. The summed E-state index contributed by atoms with van der Waals surface area (Å²) in [5.41, 5.74) is 5.61. The Labute approximate surface area is 84.3 Å². The van der Waals surface area contributed by atoms with E-state index in [0.717, 1.165) is 24.2 Å². The first-order chi connectivity index (χ1) is 6.65. The average Bonchev–Trinajstić information content (AvgIpc) is 2.50. The quantitative estimate of drug-likeness (QED) is 0.577. The van der Waals surface area contributed by atoms with Crippen molar-refractivity contribution < 1.29 is 4.92 Å². The number of hydrogen-bond acceptors (Lipinski definition) is 6. The number of nitro groups is 1. The van der Waals surface area contributed by atoms with Crippen molar-refractivity contribution in [2.75, 3.05) is 5.32 Å². The molecule has 3 N–H and O–H groups in total. The lowest BCUT2D eigenvalue weighted by Gasteiger charge is -2.32. The Hall–Kier alpha value is -1.21. The summed E-state index contributed by atoms with van der Waals surface area (Å²) in [5.74, 6) is 0. The second kappa shape index (κ2) is 3.50. The van der Waals surface area contributed by atoms with Crippen molar-refractivity contribution >= 4 is 21.5 Å². The summed E-state index contributed by atoms with van der Waals surface area (Å²) in [6.07, 6.45) is 3.09. The van der Waals surface area contributed by atoms with Crippen LogP contribution in [-0.2, 0) is 0 Å². The van der Waals surface area contributed by atoms with Gasteiger partial charge in [-0.2, -0.15) is 0 Å². The summed E-state index contributed by atoms with van der Waals surface area (Å²) < 4.78 is 0. The Kier molecular flexibility index (Phi) is 2.34. The summed E-state index contributed by atoms with van der Waals surface area (Å²) >= 11 is 1.06. The minimum absolute atomic E-state index is 0.0659. The fourth-order valence-corrected chi connectivity index (χ4v) is 2.08. The summed E-state index contributed by atoms with van der Waals surface area (Å²) in [7, 11) is 0. The number of rotatable bonds is 3. The number of aromatic nitrogens is 1. The summed E-state index contributed by atoms with van der Waals surface area (Å²) in [4.78, 5) is 13.8. The standard InChI is InChI=1S/C7H10N4O2S/c8-4-1-5(2-4)10-7-9-3-6(14-7)11(12)13/h3-5H,1-2,8H2,(H,9,10). The Morgan fingerprint density at radius 3 is 2.93 bits per heavy atom. The number of hydrogen-bond donors (Lipinski definition) is 2. The van der Waals surface area contributed by atoms with Crippen molar-refractivity contribution in [2.45, 2.75) is 24.9 Å². The van der Waals surface area contributed by atoms with Gasteiger partial charge in [-0.15, -0.1) is 0 Å². The van der Waals surface area contributed by atoms with Crippen LogP contribution in [0.4, 0.5) is 10.1 Å². The largest absolute Gasteiger partial charge is 0.358 e. The van der Waals surface area contributed by atoms with Crippen LogP contribution in [0.25, 0.3) is 0 Å². The average molecular weight is 214 g/mol. The van der Waals surface area contributed by atoms with E-state index in [2.05, 4.69) is 10.3 Å². The van der Waals surface area contributed by atoms with E-state index in [1.54, 1.807) is 0 Å². The molecule has 1 fully saturated rings. The molecule has 0 unspecified atom stereocenters. The third kappa shape index (κ3) is 1.83. The first-order valence-corrected chi connectivity index (χ1v) is 5.09. The van der Waals surface area contributed by atoms with Crippen molar-refractivity contribution in [2.24, 2.45) is 5.73 Å². The van der Waals surface area contributed by atoms with Gasteiger partial charge in [0.2, 0.25) is 0 Å². The van der Waals surface area contributed by atoms with E-state index in [1.807, 2.05) is 0 Å².